The lowest BCUT2D eigenvalue weighted by Crippen LogP contribution is -1.99. The summed E-state index contributed by atoms with van der Waals surface area (Å²) in [7, 11) is 0. The predicted octanol–water partition coefficient (Wildman–Crippen LogP) is 4.32. The molecule has 0 amide bonds. The fourth-order valence-corrected chi connectivity index (χ4v) is 2.66. The van der Waals surface area contributed by atoms with Crippen molar-refractivity contribution < 1.29 is 0 Å². The second kappa shape index (κ2) is 5.60. The van der Waals surface area contributed by atoms with Crippen LogP contribution in [0.5, 0.6) is 0 Å². The second-order valence-electron chi connectivity index (χ2n) is 5.68. The average Bonchev–Trinajstić information content (AvgIpc) is 2.46. The normalized spacial score (nSPS) is 10.7. The maximum Gasteiger partial charge on any atom is 0.221 e. The summed E-state index contributed by atoms with van der Waals surface area (Å²) in [5, 5.41) is 0. The number of anilines is 1. The van der Waals surface area contributed by atoms with Crippen molar-refractivity contribution in [1.29, 1.82) is 0 Å². The Morgan fingerprint density at radius 2 is 1.50 bits per heavy atom. The fraction of sp³-hybridized carbons (Fsp3) is 0.158. The van der Waals surface area contributed by atoms with Crippen molar-refractivity contribution in [3.63, 3.8) is 0 Å². The summed E-state index contributed by atoms with van der Waals surface area (Å²) < 4.78 is 0. The molecule has 0 radical (unpaired) electrons. The first kappa shape index (κ1) is 14.3. The minimum Gasteiger partial charge on any atom is -0.368 e. The summed E-state index contributed by atoms with van der Waals surface area (Å²) >= 11 is 0. The zero-order valence-corrected chi connectivity index (χ0v) is 13.1. The molecule has 0 spiro atoms. The molecule has 2 N–H and O–H groups in total. The first-order valence-electron chi connectivity index (χ1n) is 7.32. The van der Waals surface area contributed by atoms with E-state index in [1.54, 1.807) is 0 Å². The van der Waals surface area contributed by atoms with Crippen LogP contribution >= 0.6 is 0 Å². The number of hydrogen-bond acceptors (Lipinski definition) is 3. The van der Waals surface area contributed by atoms with Crippen molar-refractivity contribution in [2.45, 2.75) is 20.8 Å². The van der Waals surface area contributed by atoms with E-state index in [0.29, 0.717) is 5.95 Å². The Kier molecular flexibility index (Phi) is 3.63. The van der Waals surface area contributed by atoms with Crippen LogP contribution in [0.4, 0.5) is 5.95 Å². The number of hydrogen-bond donors (Lipinski definition) is 1. The van der Waals surface area contributed by atoms with Crippen molar-refractivity contribution >= 4 is 5.95 Å². The van der Waals surface area contributed by atoms with Crippen LogP contribution in [0.2, 0.25) is 0 Å². The van der Waals surface area contributed by atoms with Gasteiger partial charge < -0.3 is 5.73 Å². The summed E-state index contributed by atoms with van der Waals surface area (Å²) in [5.74, 6) is 0.300. The Balaban J connectivity index is 2.14. The SMILES string of the molecule is Cc1cccc(-c2cc(-c3ccc(C)cc3C)nc(N)n2)c1. The molecular weight excluding hydrogens is 270 g/mol. The molecule has 0 unspecified atom stereocenters. The molecule has 3 heteroatoms. The van der Waals surface area contributed by atoms with E-state index >= 15 is 0 Å². The van der Waals surface area contributed by atoms with Crippen LogP contribution in [-0.4, -0.2) is 9.97 Å². The number of nitrogens with two attached hydrogens (primary N) is 1. The highest BCUT2D eigenvalue weighted by Crippen LogP contribution is 2.27. The maximum atomic E-state index is 5.93. The topological polar surface area (TPSA) is 51.8 Å². The number of aryl methyl sites for hydroxylation is 3. The summed E-state index contributed by atoms with van der Waals surface area (Å²) in [4.78, 5) is 8.79. The summed E-state index contributed by atoms with van der Waals surface area (Å²) in [6, 6.07) is 16.6. The average molecular weight is 289 g/mol. The van der Waals surface area contributed by atoms with Gasteiger partial charge in [0, 0.05) is 11.1 Å². The highest BCUT2D eigenvalue weighted by molar-refractivity contribution is 5.71. The zero-order valence-electron chi connectivity index (χ0n) is 13.1. The van der Waals surface area contributed by atoms with Crippen molar-refractivity contribution in [3.05, 3.63) is 65.2 Å². The summed E-state index contributed by atoms with van der Waals surface area (Å²) in [6.07, 6.45) is 0. The fourth-order valence-electron chi connectivity index (χ4n) is 2.66. The van der Waals surface area contributed by atoms with Gasteiger partial charge in [-0.1, -0.05) is 47.5 Å². The largest absolute Gasteiger partial charge is 0.368 e. The molecule has 0 bridgehead atoms. The molecule has 22 heavy (non-hydrogen) atoms. The van der Waals surface area contributed by atoms with Crippen molar-refractivity contribution in [1.82, 2.24) is 9.97 Å². The molecule has 0 aliphatic rings. The van der Waals surface area contributed by atoms with E-state index in [9.17, 15) is 0 Å². The molecule has 1 aromatic heterocycles. The van der Waals surface area contributed by atoms with Gasteiger partial charge in [-0.05, 0) is 38.5 Å². The summed E-state index contributed by atoms with van der Waals surface area (Å²) in [6.45, 7) is 6.25. The minimum absolute atomic E-state index is 0.300. The van der Waals surface area contributed by atoms with Crippen molar-refractivity contribution in [3.8, 4) is 22.5 Å². The van der Waals surface area contributed by atoms with E-state index in [-0.39, 0.29) is 0 Å². The van der Waals surface area contributed by atoms with Crippen LogP contribution < -0.4 is 5.73 Å². The molecule has 0 aliphatic heterocycles. The molecular formula is C19H19N3. The van der Waals surface area contributed by atoms with Crippen LogP contribution in [0.15, 0.2) is 48.5 Å². The minimum atomic E-state index is 0.300. The van der Waals surface area contributed by atoms with Gasteiger partial charge in [-0.3, -0.25) is 0 Å². The van der Waals surface area contributed by atoms with E-state index in [1.165, 1.54) is 16.7 Å². The van der Waals surface area contributed by atoms with Gasteiger partial charge in [-0.2, -0.15) is 0 Å². The molecule has 0 saturated heterocycles. The van der Waals surface area contributed by atoms with E-state index in [1.807, 2.05) is 18.2 Å². The molecule has 1 heterocycles. The molecule has 2 aromatic carbocycles. The van der Waals surface area contributed by atoms with Gasteiger partial charge in [0.1, 0.15) is 0 Å². The van der Waals surface area contributed by atoms with E-state index in [2.05, 4.69) is 61.1 Å². The van der Waals surface area contributed by atoms with Gasteiger partial charge >= 0.3 is 0 Å². The predicted molar refractivity (Wildman–Crippen MR) is 91.5 cm³/mol. The summed E-state index contributed by atoms with van der Waals surface area (Å²) in [5.41, 5.74) is 13.4. The van der Waals surface area contributed by atoms with Crippen molar-refractivity contribution in [2.24, 2.45) is 0 Å². The van der Waals surface area contributed by atoms with E-state index in [0.717, 1.165) is 22.5 Å². The Bertz CT molecular complexity index is 838. The Morgan fingerprint density at radius 3 is 2.23 bits per heavy atom. The van der Waals surface area contributed by atoms with Crippen LogP contribution in [-0.2, 0) is 0 Å². The maximum absolute atomic E-state index is 5.93. The molecule has 0 fully saturated rings. The lowest BCUT2D eigenvalue weighted by Gasteiger charge is -2.09. The third-order valence-electron chi connectivity index (χ3n) is 3.72. The number of nitrogens with zero attached hydrogens (tertiary/aromatic N) is 2. The highest BCUT2D eigenvalue weighted by Gasteiger charge is 2.09. The lowest BCUT2D eigenvalue weighted by atomic mass is 10.0. The Labute approximate surface area is 130 Å². The second-order valence-corrected chi connectivity index (χ2v) is 5.68. The number of rotatable bonds is 2. The highest BCUT2D eigenvalue weighted by atomic mass is 15.0. The van der Waals surface area contributed by atoms with Crippen LogP contribution in [0.1, 0.15) is 16.7 Å². The van der Waals surface area contributed by atoms with Gasteiger partial charge in [-0.25, -0.2) is 9.97 Å². The molecule has 0 aliphatic carbocycles. The van der Waals surface area contributed by atoms with Crippen LogP contribution in [0.3, 0.4) is 0 Å². The third-order valence-corrected chi connectivity index (χ3v) is 3.72. The lowest BCUT2D eigenvalue weighted by molar-refractivity contribution is 1.19. The quantitative estimate of drug-likeness (QED) is 0.764. The molecule has 0 saturated carbocycles. The van der Waals surface area contributed by atoms with Crippen molar-refractivity contribution in [2.75, 3.05) is 5.73 Å². The van der Waals surface area contributed by atoms with Gasteiger partial charge in [0.15, 0.2) is 0 Å². The van der Waals surface area contributed by atoms with Gasteiger partial charge in [0.25, 0.3) is 0 Å². The zero-order chi connectivity index (χ0) is 15.7. The van der Waals surface area contributed by atoms with Gasteiger partial charge in [-0.15, -0.1) is 0 Å². The molecule has 3 nitrogen and oxygen atoms in total. The van der Waals surface area contributed by atoms with Crippen LogP contribution in [0, 0.1) is 20.8 Å². The third kappa shape index (κ3) is 2.84. The molecule has 3 aromatic rings. The number of nitrogen functional groups attached to an aromatic ring is 1. The smallest absolute Gasteiger partial charge is 0.221 e. The standard InChI is InChI=1S/C19H19N3/c1-12-5-4-6-15(10-12)17-11-18(22-19(20)21-17)16-8-7-13(2)9-14(16)3/h4-11H,1-3H3,(H2,20,21,22). The first-order chi connectivity index (χ1) is 10.5. The molecule has 0 atom stereocenters. The molecule has 110 valence electrons. The number of benzene rings is 2. The van der Waals surface area contributed by atoms with Crippen LogP contribution in [0.25, 0.3) is 22.5 Å². The van der Waals surface area contributed by atoms with Gasteiger partial charge in [0.05, 0.1) is 11.4 Å². The van der Waals surface area contributed by atoms with E-state index < -0.39 is 0 Å². The first-order valence-corrected chi connectivity index (χ1v) is 7.32. The van der Waals surface area contributed by atoms with E-state index in [4.69, 9.17) is 5.73 Å². The molecule has 3 rings (SSSR count). The number of aromatic nitrogens is 2. The monoisotopic (exact) mass is 289 g/mol. The Morgan fingerprint density at radius 1 is 0.773 bits per heavy atom. The van der Waals surface area contributed by atoms with Gasteiger partial charge in [0.2, 0.25) is 5.95 Å². The Hall–Kier alpha value is -2.68.